The first-order chi connectivity index (χ1) is 11.7. The minimum atomic E-state index is 0.164. The molecule has 0 radical (unpaired) electrons. The third-order valence-electron chi connectivity index (χ3n) is 3.97. The number of thioether (sulfide) groups is 1. The molecule has 0 spiro atoms. The number of nitrogens with one attached hydrogen (secondary N) is 2. The number of H-pyrrole nitrogens is 1. The number of fused-ring (bicyclic) bond motifs is 2. The fourth-order valence-electron chi connectivity index (χ4n) is 2.82. The van der Waals surface area contributed by atoms with Gasteiger partial charge in [-0.3, -0.25) is 4.79 Å². The Morgan fingerprint density at radius 1 is 1.29 bits per heavy atom. The van der Waals surface area contributed by atoms with E-state index in [0.717, 1.165) is 45.1 Å². The number of hydrogen-bond acceptors (Lipinski definition) is 6. The van der Waals surface area contributed by atoms with Crippen molar-refractivity contribution in [3.8, 4) is 0 Å². The van der Waals surface area contributed by atoms with Crippen LogP contribution >= 0.6 is 11.8 Å². The van der Waals surface area contributed by atoms with Gasteiger partial charge in [0.2, 0.25) is 0 Å². The minimum Gasteiger partial charge on any atom is -0.396 e. The molecular formula is C17H16N4O2S. The number of rotatable bonds is 5. The molecule has 3 aromatic rings. The molecule has 0 fully saturated rings. The first-order valence-electron chi connectivity index (χ1n) is 7.77. The molecule has 6 nitrogen and oxygen atoms in total. The summed E-state index contributed by atoms with van der Waals surface area (Å²) >= 11 is 1.29. The maximum atomic E-state index is 11.5. The summed E-state index contributed by atoms with van der Waals surface area (Å²) in [4.78, 5) is 24.4. The Bertz CT molecular complexity index is 922. The molecular weight excluding hydrogens is 324 g/mol. The number of carbonyl (C=O) groups excluding carboxylic acids is 1. The number of aromatic amines is 1. The van der Waals surface area contributed by atoms with Crippen molar-refractivity contribution >= 4 is 39.4 Å². The van der Waals surface area contributed by atoms with Gasteiger partial charge in [0.1, 0.15) is 17.8 Å². The van der Waals surface area contributed by atoms with Gasteiger partial charge in [-0.1, -0.05) is 17.8 Å². The van der Waals surface area contributed by atoms with Gasteiger partial charge in [-0.05, 0) is 36.6 Å². The van der Waals surface area contributed by atoms with Gasteiger partial charge in [0.05, 0.1) is 5.39 Å². The van der Waals surface area contributed by atoms with Crippen LogP contribution in [0.2, 0.25) is 0 Å². The lowest BCUT2D eigenvalue weighted by atomic mass is 10.1. The van der Waals surface area contributed by atoms with Crippen LogP contribution in [0.1, 0.15) is 17.7 Å². The summed E-state index contributed by atoms with van der Waals surface area (Å²) in [5, 5.41) is 13.4. The van der Waals surface area contributed by atoms with Crippen molar-refractivity contribution in [1.82, 2.24) is 15.0 Å². The van der Waals surface area contributed by atoms with Crippen molar-refractivity contribution in [2.45, 2.75) is 24.2 Å². The van der Waals surface area contributed by atoms with Gasteiger partial charge in [0, 0.05) is 29.3 Å². The zero-order valence-corrected chi connectivity index (χ0v) is 13.7. The van der Waals surface area contributed by atoms with Crippen LogP contribution in [0, 0.1) is 0 Å². The second kappa shape index (κ2) is 6.26. The molecule has 1 aliphatic rings. The average Bonchev–Trinajstić information content (AvgIpc) is 3.15. The number of anilines is 2. The van der Waals surface area contributed by atoms with Crippen molar-refractivity contribution in [3.63, 3.8) is 0 Å². The van der Waals surface area contributed by atoms with Crippen molar-refractivity contribution in [1.29, 1.82) is 0 Å². The SMILES string of the molecule is O=C1Cc2ccc(Nc3ncnc4[nH]c(CCCO)cc34)cc2S1. The summed E-state index contributed by atoms with van der Waals surface area (Å²) in [5.74, 6) is 0.723. The highest BCUT2D eigenvalue weighted by molar-refractivity contribution is 8.14. The molecule has 0 unspecified atom stereocenters. The molecule has 1 aliphatic heterocycles. The fraction of sp³-hybridized carbons (Fsp3) is 0.235. The van der Waals surface area contributed by atoms with Crippen LogP contribution < -0.4 is 5.32 Å². The molecule has 4 rings (SSSR count). The molecule has 24 heavy (non-hydrogen) atoms. The summed E-state index contributed by atoms with van der Waals surface area (Å²) in [5.41, 5.74) is 3.77. The maximum absolute atomic E-state index is 11.5. The van der Waals surface area contributed by atoms with Crippen LogP contribution in [0.15, 0.2) is 35.5 Å². The number of hydrogen-bond donors (Lipinski definition) is 3. The van der Waals surface area contributed by atoms with Crippen LogP contribution in [-0.4, -0.2) is 31.8 Å². The highest BCUT2D eigenvalue weighted by Gasteiger charge is 2.19. The van der Waals surface area contributed by atoms with Crippen molar-refractivity contribution in [2.75, 3.05) is 11.9 Å². The van der Waals surface area contributed by atoms with Crippen molar-refractivity contribution in [2.24, 2.45) is 0 Å². The van der Waals surface area contributed by atoms with Gasteiger partial charge in [-0.25, -0.2) is 9.97 Å². The summed E-state index contributed by atoms with van der Waals surface area (Å²) in [7, 11) is 0. The summed E-state index contributed by atoms with van der Waals surface area (Å²) in [6, 6.07) is 7.94. The van der Waals surface area contributed by atoms with Gasteiger partial charge >= 0.3 is 0 Å². The van der Waals surface area contributed by atoms with Crippen LogP contribution in [0.3, 0.4) is 0 Å². The lowest BCUT2D eigenvalue weighted by Crippen LogP contribution is -1.95. The van der Waals surface area contributed by atoms with Crippen LogP contribution in [0.25, 0.3) is 11.0 Å². The second-order valence-corrected chi connectivity index (χ2v) is 6.80. The van der Waals surface area contributed by atoms with E-state index in [4.69, 9.17) is 5.11 Å². The Morgan fingerprint density at radius 3 is 3.08 bits per heavy atom. The third kappa shape index (κ3) is 2.88. The predicted molar refractivity (Wildman–Crippen MR) is 93.6 cm³/mol. The lowest BCUT2D eigenvalue weighted by Gasteiger charge is -2.07. The normalized spacial score (nSPS) is 13.5. The molecule has 1 aromatic carbocycles. The summed E-state index contributed by atoms with van der Waals surface area (Å²) in [6.45, 7) is 0.164. The Labute approximate surface area is 142 Å². The quantitative estimate of drug-likeness (QED) is 0.662. The number of aromatic nitrogens is 3. The number of nitrogens with zero attached hydrogens (tertiary/aromatic N) is 2. The Hall–Kier alpha value is -2.38. The molecule has 3 heterocycles. The van der Waals surface area contributed by atoms with E-state index in [1.54, 1.807) is 0 Å². The van der Waals surface area contributed by atoms with E-state index >= 15 is 0 Å². The molecule has 2 aromatic heterocycles. The van der Waals surface area contributed by atoms with E-state index in [1.165, 1.54) is 18.1 Å². The van der Waals surface area contributed by atoms with E-state index in [9.17, 15) is 4.79 Å². The molecule has 0 saturated carbocycles. The topological polar surface area (TPSA) is 90.9 Å². The smallest absolute Gasteiger partial charge is 0.198 e. The summed E-state index contributed by atoms with van der Waals surface area (Å²) < 4.78 is 0. The first kappa shape index (κ1) is 15.2. The predicted octanol–water partition coefficient (Wildman–Crippen LogP) is 2.80. The van der Waals surface area contributed by atoms with Crippen LogP contribution in [0.5, 0.6) is 0 Å². The van der Waals surface area contributed by atoms with E-state index in [0.29, 0.717) is 12.8 Å². The number of aliphatic hydroxyl groups excluding tert-OH is 1. The van der Waals surface area contributed by atoms with Gasteiger partial charge in [0.25, 0.3) is 0 Å². The highest BCUT2D eigenvalue weighted by atomic mass is 32.2. The number of benzene rings is 1. The number of carbonyl (C=O) groups is 1. The van der Waals surface area contributed by atoms with Crippen molar-refractivity contribution < 1.29 is 9.90 Å². The van der Waals surface area contributed by atoms with Gasteiger partial charge in [-0.15, -0.1) is 0 Å². The van der Waals surface area contributed by atoms with E-state index in [-0.39, 0.29) is 11.7 Å². The zero-order valence-electron chi connectivity index (χ0n) is 12.9. The molecule has 0 bridgehead atoms. The molecule has 0 atom stereocenters. The standard InChI is InChI=1S/C17H16N4O2S/c22-5-1-2-11-7-13-16(20-11)18-9-19-17(13)21-12-4-3-10-6-15(23)24-14(10)8-12/h3-4,7-9,22H,1-2,5-6H2,(H2,18,19,20,21). The molecule has 7 heteroatoms. The monoisotopic (exact) mass is 340 g/mol. The second-order valence-electron chi connectivity index (χ2n) is 5.70. The van der Waals surface area contributed by atoms with Gasteiger partial charge < -0.3 is 15.4 Å². The number of aryl methyl sites for hydroxylation is 1. The Kier molecular flexibility index (Phi) is 3.95. The average molecular weight is 340 g/mol. The minimum absolute atomic E-state index is 0.164. The number of aliphatic hydroxyl groups is 1. The van der Waals surface area contributed by atoms with E-state index in [2.05, 4.69) is 20.3 Å². The van der Waals surface area contributed by atoms with E-state index < -0.39 is 0 Å². The first-order valence-corrected chi connectivity index (χ1v) is 8.58. The zero-order chi connectivity index (χ0) is 16.5. The largest absolute Gasteiger partial charge is 0.396 e. The lowest BCUT2D eigenvalue weighted by molar-refractivity contribution is -0.110. The molecule has 0 amide bonds. The van der Waals surface area contributed by atoms with Gasteiger partial charge in [-0.2, -0.15) is 0 Å². The Morgan fingerprint density at radius 2 is 2.21 bits per heavy atom. The Balaban J connectivity index is 1.63. The molecule has 0 saturated heterocycles. The third-order valence-corrected chi connectivity index (χ3v) is 4.95. The van der Waals surface area contributed by atoms with E-state index in [1.807, 2.05) is 24.3 Å². The maximum Gasteiger partial charge on any atom is 0.198 e. The molecule has 3 N–H and O–H groups in total. The van der Waals surface area contributed by atoms with Crippen LogP contribution in [0.4, 0.5) is 11.5 Å². The summed E-state index contributed by atoms with van der Waals surface area (Å²) in [6.07, 6.45) is 3.50. The highest BCUT2D eigenvalue weighted by Crippen LogP contribution is 2.35. The van der Waals surface area contributed by atoms with Gasteiger partial charge in [0.15, 0.2) is 5.12 Å². The molecule has 0 aliphatic carbocycles. The fourth-order valence-corrected chi connectivity index (χ4v) is 3.75. The van der Waals surface area contributed by atoms with Crippen molar-refractivity contribution in [3.05, 3.63) is 41.9 Å². The molecule has 122 valence electrons. The van der Waals surface area contributed by atoms with Crippen LogP contribution in [-0.2, 0) is 17.6 Å².